The number of nitrogens with two attached hydrogens (primary N) is 1. The molecule has 16 heavy (non-hydrogen) atoms. The molecule has 4 nitrogen and oxygen atoms in total. The highest BCUT2D eigenvalue weighted by molar-refractivity contribution is 8.00. The minimum Gasteiger partial charge on any atom is -0.396 e. The number of rotatable bonds is 3. The van der Waals surface area contributed by atoms with Gasteiger partial charge in [0.05, 0.1) is 11.3 Å². The molecule has 2 heterocycles. The number of nitrogen functional groups attached to an aromatic ring is 1. The standard InChI is InChI=1S/C11H14N4S/c12-5-8-4-10(13)11(14-6-8)15-7-9-2-1-3-16-9/h4,6,9H,1-3,7,13H2,(H,14,15). The highest BCUT2D eigenvalue weighted by atomic mass is 32.2. The first kappa shape index (κ1) is 11.1. The van der Waals surface area contributed by atoms with E-state index in [0.717, 1.165) is 6.54 Å². The van der Waals surface area contributed by atoms with Crippen LogP contribution in [0.1, 0.15) is 18.4 Å². The monoisotopic (exact) mass is 234 g/mol. The molecule has 1 atom stereocenters. The van der Waals surface area contributed by atoms with E-state index >= 15 is 0 Å². The van der Waals surface area contributed by atoms with Crippen molar-refractivity contribution in [1.82, 2.24) is 4.98 Å². The SMILES string of the molecule is N#Cc1cnc(NCC2CCCS2)c(N)c1. The number of nitrogens with zero attached hydrogens (tertiary/aromatic N) is 2. The molecule has 0 bridgehead atoms. The van der Waals surface area contributed by atoms with Crippen molar-refractivity contribution in [2.45, 2.75) is 18.1 Å². The predicted octanol–water partition coefficient (Wildman–Crippen LogP) is 1.84. The second kappa shape index (κ2) is 5.08. The molecule has 2 rings (SSSR count). The Morgan fingerprint density at radius 3 is 3.19 bits per heavy atom. The Labute approximate surface area is 99.2 Å². The average Bonchev–Trinajstić information content (AvgIpc) is 2.80. The first-order chi connectivity index (χ1) is 7.79. The molecule has 1 fully saturated rings. The number of hydrogen-bond donors (Lipinski definition) is 2. The molecule has 1 aliphatic heterocycles. The minimum atomic E-state index is 0.498. The van der Waals surface area contributed by atoms with Crippen molar-refractivity contribution in [3.05, 3.63) is 17.8 Å². The molecule has 1 aromatic rings. The van der Waals surface area contributed by atoms with Crippen molar-refractivity contribution in [2.75, 3.05) is 23.3 Å². The summed E-state index contributed by atoms with van der Waals surface area (Å²) >= 11 is 1.99. The minimum absolute atomic E-state index is 0.498. The first-order valence-corrected chi connectivity index (χ1v) is 6.35. The summed E-state index contributed by atoms with van der Waals surface area (Å²) < 4.78 is 0. The molecule has 1 unspecified atom stereocenters. The number of hydrogen-bond acceptors (Lipinski definition) is 5. The number of nitrogens with one attached hydrogen (secondary N) is 1. The summed E-state index contributed by atoms with van der Waals surface area (Å²) in [7, 11) is 0. The highest BCUT2D eigenvalue weighted by Crippen LogP contribution is 2.26. The Kier molecular flexibility index (Phi) is 3.52. The predicted molar refractivity (Wildman–Crippen MR) is 67.3 cm³/mol. The first-order valence-electron chi connectivity index (χ1n) is 5.30. The molecule has 0 radical (unpaired) electrons. The van der Waals surface area contributed by atoms with Gasteiger partial charge < -0.3 is 11.1 Å². The van der Waals surface area contributed by atoms with Crippen LogP contribution in [0.3, 0.4) is 0 Å². The highest BCUT2D eigenvalue weighted by Gasteiger charge is 2.15. The molecule has 0 aliphatic carbocycles. The molecule has 0 aromatic carbocycles. The molecule has 5 heteroatoms. The zero-order chi connectivity index (χ0) is 11.4. The molecular weight excluding hydrogens is 220 g/mol. The van der Waals surface area contributed by atoms with E-state index in [-0.39, 0.29) is 0 Å². The van der Waals surface area contributed by atoms with Crippen molar-refractivity contribution >= 4 is 23.3 Å². The number of nitriles is 1. The van der Waals surface area contributed by atoms with Crippen molar-refractivity contribution in [1.29, 1.82) is 5.26 Å². The summed E-state index contributed by atoms with van der Waals surface area (Å²) in [6.07, 6.45) is 4.10. The third-order valence-electron chi connectivity index (χ3n) is 2.57. The van der Waals surface area contributed by atoms with E-state index in [1.807, 2.05) is 17.8 Å². The van der Waals surface area contributed by atoms with Crippen molar-refractivity contribution in [3.63, 3.8) is 0 Å². The zero-order valence-electron chi connectivity index (χ0n) is 8.94. The van der Waals surface area contributed by atoms with Gasteiger partial charge in [-0.1, -0.05) is 0 Å². The molecule has 0 spiro atoms. The summed E-state index contributed by atoms with van der Waals surface area (Å²) in [6, 6.07) is 3.67. The lowest BCUT2D eigenvalue weighted by Gasteiger charge is -2.12. The van der Waals surface area contributed by atoms with Crippen molar-refractivity contribution in [3.8, 4) is 6.07 Å². The van der Waals surface area contributed by atoms with Crippen LogP contribution in [0.25, 0.3) is 0 Å². The van der Waals surface area contributed by atoms with Crippen LogP contribution in [0, 0.1) is 11.3 Å². The summed E-state index contributed by atoms with van der Waals surface area (Å²) in [5.74, 6) is 1.94. The van der Waals surface area contributed by atoms with Gasteiger partial charge in [0.15, 0.2) is 0 Å². The Bertz CT molecular complexity index is 407. The summed E-state index contributed by atoms with van der Waals surface area (Å²) in [5.41, 5.74) is 6.84. The summed E-state index contributed by atoms with van der Waals surface area (Å²) in [4.78, 5) is 4.14. The van der Waals surface area contributed by atoms with Crippen LogP contribution < -0.4 is 11.1 Å². The Morgan fingerprint density at radius 1 is 1.69 bits per heavy atom. The summed E-state index contributed by atoms with van der Waals surface area (Å²) in [6.45, 7) is 0.897. The average molecular weight is 234 g/mol. The van der Waals surface area contributed by atoms with Gasteiger partial charge in [0.25, 0.3) is 0 Å². The normalized spacial score (nSPS) is 19.3. The van der Waals surface area contributed by atoms with Crippen LogP contribution in [-0.4, -0.2) is 22.5 Å². The van der Waals surface area contributed by atoms with Crippen LogP contribution in [0.4, 0.5) is 11.5 Å². The number of thioether (sulfide) groups is 1. The van der Waals surface area contributed by atoms with Crippen molar-refractivity contribution in [2.24, 2.45) is 0 Å². The largest absolute Gasteiger partial charge is 0.396 e. The van der Waals surface area contributed by atoms with Crippen LogP contribution in [0.5, 0.6) is 0 Å². The fraction of sp³-hybridized carbons (Fsp3) is 0.455. The Morgan fingerprint density at radius 2 is 2.56 bits per heavy atom. The van der Waals surface area contributed by atoms with Gasteiger partial charge >= 0.3 is 0 Å². The van der Waals surface area contributed by atoms with Crippen LogP contribution >= 0.6 is 11.8 Å². The lowest BCUT2D eigenvalue weighted by atomic mass is 10.2. The lowest BCUT2D eigenvalue weighted by Crippen LogP contribution is -2.15. The lowest BCUT2D eigenvalue weighted by molar-refractivity contribution is 0.804. The fourth-order valence-electron chi connectivity index (χ4n) is 1.71. The Hall–Kier alpha value is -1.41. The third-order valence-corrected chi connectivity index (χ3v) is 3.97. The fourth-order valence-corrected chi connectivity index (χ4v) is 2.91. The van der Waals surface area contributed by atoms with Gasteiger partial charge in [-0.05, 0) is 24.7 Å². The van der Waals surface area contributed by atoms with Crippen LogP contribution in [0.2, 0.25) is 0 Å². The topological polar surface area (TPSA) is 74.7 Å². The van der Waals surface area contributed by atoms with E-state index in [9.17, 15) is 0 Å². The number of pyridine rings is 1. The number of anilines is 2. The van der Waals surface area contributed by atoms with Crippen LogP contribution in [-0.2, 0) is 0 Å². The third kappa shape index (κ3) is 2.58. The van der Waals surface area contributed by atoms with Gasteiger partial charge in [0.1, 0.15) is 11.9 Å². The maximum atomic E-state index is 8.69. The molecule has 1 aliphatic rings. The van der Waals surface area contributed by atoms with Crippen LogP contribution in [0.15, 0.2) is 12.3 Å². The van der Waals surface area contributed by atoms with Gasteiger partial charge in [-0.3, -0.25) is 0 Å². The molecule has 0 saturated carbocycles. The maximum absolute atomic E-state index is 8.69. The van der Waals surface area contributed by atoms with E-state index in [1.165, 1.54) is 18.6 Å². The zero-order valence-corrected chi connectivity index (χ0v) is 9.76. The molecule has 1 aromatic heterocycles. The molecular formula is C11H14N4S. The number of aromatic nitrogens is 1. The summed E-state index contributed by atoms with van der Waals surface area (Å²) in [5, 5.41) is 12.6. The molecule has 84 valence electrons. The van der Waals surface area contributed by atoms with Crippen molar-refractivity contribution < 1.29 is 0 Å². The van der Waals surface area contributed by atoms with E-state index in [0.29, 0.717) is 22.3 Å². The maximum Gasteiger partial charge on any atom is 0.149 e. The van der Waals surface area contributed by atoms with E-state index in [2.05, 4.69) is 10.3 Å². The smallest absolute Gasteiger partial charge is 0.149 e. The van der Waals surface area contributed by atoms with Gasteiger partial charge in [0, 0.05) is 18.0 Å². The molecule has 0 amide bonds. The quantitative estimate of drug-likeness (QED) is 0.834. The van der Waals surface area contributed by atoms with E-state index < -0.39 is 0 Å². The second-order valence-corrected chi connectivity index (χ2v) is 5.20. The molecule has 3 N–H and O–H groups in total. The van der Waals surface area contributed by atoms with Gasteiger partial charge in [0.2, 0.25) is 0 Å². The second-order valence-electron chi connectivity index (χ2n) is 3.79. The van der Waals surface area contributed by atoms with Gasteiger partial charge in [-0.25, -0.2) is 4.98 Å². The Balaban J connectivity index is 1.96. The van der Waals surface area contributed by atoms with Gasteiger partial charge in [-0.15, -0.1) is 0 Å². The van der Waals surface area contributed by atoms with E-state index in [1.54, 1.807) is 12.3 Å². The van der Waals surface area contributed by atoms with Gasteiger partial charge in [-0.2, -0.15) is 17.0 Å². The molecule has 1 saturated heterocycles. The van der Waals surface area contributed by atoms with E-state index in [4.69, 9.17) is 11.0 Å².